The summed E-state index contributed by atoms with van der Waals surface area (Å²) in [6.07, 6.45) is 0. The number of anilines is 2. The Morgan fingerprint density at radius 3 is 1.67 bits per heavy atom. The first kappa shape index (κ1) is 57.3. The van der Waals surface area contributed by atoms with Crippen molar-refractivity contribution >= 4 is 63.3 Å². The van der Waals surface area contributed by atoms with Crippen molar-refractivity contribution < 1.29 is 138 Å². The number of urea groups is 2. The van der Waals surface area contributed by atoms with Crippen molar-refractivity contribution in [3.63, 3.8) is 0 Å². The van der Waals surface area contributed by atoms with Crippen molar-refractivity contribution in [1.82, 2.24) is 19.8 Å². The number of hydrogen-bond donors (Lipinski definition) is 3. The molecule has 2 aromatic heterocycles. The molecule has 4 amide bonds. The molecule has 1 aliphatic rings. The molecule has 0 atom stereocenters. The summed E-state index contributed by atoms with van der Waals surface area (Å²) in [5, 5.41) is 37.7. The number of hydrogen-bond acceptors (Lipinski definition) is 9. The molecule has 0 spiro atoms. The molecule has 1 fully saturated rings. The topological polar surface area (TPSA) is 199 Å². The molecule has 1 saturated heterocycles. The number of carbonyl (C=O) groups is 3. The number of halogens is 1. The predicted octanol–water partition coefficient (Wildman–Crippen LogP) is 0.964. The second-order valence-electron chi connectivity index (χ2n) is 13.2. The fourth-order valence-electron chi connectivity index (χ4n) is 6.73. The van der Waals surface area contributed by atoms with Gasteiger partial charge in [0.05, 0.1) is 36.4 Å². The molecule has 66 heavy (non-hydrogen) atoms. The SMILES string of the molecule is C.CCn1c(C#Cc2ccc(N3CCNC3=O)cc2)c(C#N)c2ccc(OC)cc21.CCn1c(C#Cc2ccc(NC(=O)NCCCl)cc2)c(C#N)c2ccc(OC)cc21.O=CO[O-].[H-].[K+].[K+]. The molecule has 7 rings (SSSR count). The zero-order chi connectivity index (χ0) is 45.3. The molecular formula is C48H47ClK2N8O7. The normalized spacial score (nSPS) is 10.6. The van der Waals surface area contributed by atoms with Crippen LogP contribution in [0.2, 0.25) is 0 Å². The molecule has 4 aromatic carbocycles. The van der Waals surface area contributed by atoms with E-state index in [2.05, 4.69) is 56.7 Å². The molecule has 6 aromatic rings. The number of methoxy groups -OCH3 is 2. The summed E-state index contributed by atoms with van der Waals surface area (Å²) in [6.45, 7) is 6.95. The number of fused-ring (bicyclic) bond motifs is 2. The van der Waals surface area contributed by atoms with Crippen LogP contribution in [0.25, 0.3) is 21.8 Å². The van der Waals surface area contributed by atoms with E-state index in [1.54, 1.807) is 31.3 Å². The van der Waals surface area contributed by atoms with E-state index in [1.807, 2.05) is 95.8 Å². The number of aryl methyl sites for hydroxylation is 2. The fourth-order valence-corrected chi connectivity index (χ4v) is 6.83. The molecule has 0 bridgehead atoms. The Bertz CT molecular complexity index is 2840. The second-order valence-corrected chi connectivity index (χ2v) is 13.6. The largest absolute Gasteiger partial charge is 1.00 e. The molecular weight excluding hydrogens is 914 g/mol. The van der Waals surface area contributed by atoms with E-state index in [0.717, 1.165) is 50.1 Å². The van der Waals surface area contributed by atoms with Crippen LogP contribution in [0.1, 0.15) is 56.3 Å². The zero-order valence-corrected chi connectivity index (χ0v) is 43.9. The second kappa shape index (κ2) is 29.1. The number of benzene rings is 4. The van der Waals surface area contributed by atoms with Crippen molar-refractivity contribution in [3.8, 4) is 47.3 Å². The Morgan fingerprint density at radius 2 is 1.29 bits per heavy atom. The Labute approximate surface area is 475 Å². The maximum atomic E-state index is 11.8. The van der Waals surface area contributed by atoms with E-state index in [1.165, 1.54) is 0 Å². The van der Waals surface area contributed by atoms with Crippen molar-refractivity contribution in [1.29, 1.82) is 10.5 Å². The van der Waals surface area contributed by atoms with Crippen LogP contribution in [0.4, 0.5) is 21.0 Å². The number of rotatable bonds is 9. The van der Waals surface area contributed by atoms with E-state index in [9.17, 15) is 20.1 Å². The number of aromatic nitrogens is 2. The molecule has 330 valence electrons. The molecule has 3 N–H and O–H groups in total. The van der Waals surface area contributed by atoms with Gasteiger partial charge in [0, 0.05) is 84.0 Å². The summed E-state index contributed by atoms with van der Waals surface area (Å²) in [5.41, 5.74) is 7.44. The van der Waals surface area contributed by atoms with E-state index < -0.39 is 0 Å². The van der Waals surface area contributed by atoms with Gasteiger partial charge in [-0.2, -0.15) is 10.5 Å². The van der Waals surface area contributed by atoms with Crippen LogP contribution in [0.15, 0.2) is 84.9 Å². The molecule has 1 aliphatic heterocycles. The van der Waals surface area contributed by atoms with Crippen LogP contribution >= 0.6 is 11.6 Å². The molecule has 18 heteroatoms. The Hall–Kier alpha value is -4.81. The molecule has 3 heterocycles. The predicted molar refractivity (Wildman–Crippen MR) is 246 cm³/mol. The standard InChI is InChI=1S/C23H21ClN4O2.C23H20N4O2.CH2O3.CH4.2K.H/c1-3-28-21(20(15-25)19-10-9-18(30-2)14-22(19)28)11-6-16-4-7-17(8-5-16)27-23(29)26-13-12-24;1-3-26-21(20(15-24)19-10-9-18(29-2)14-22(19)26)11-6-16-4-7-17(8-5-16)27-13-12-25-23(27)28;2-1-4-3;;;;/h4-5,7-10,14H,3,12-13H2,1-2H3,(H2,26,27,29);4-5,7-10,14H,3,12-13H2,1-2H3,(H,25,28);1,3H;1H4;;;/q;;;;2*+1;-1/p-1. The van der Waals surface area contributed by atoms with Gasteiger partial charge in [-0.1, -0.05) is 19.3 Å². The van der Waals surface area contributed by atoms with Gasteiger partial charge >= 0.3 is 115 Å². The number of amides is 4. The van der Waals surface area contributed by atoms with Gasteiger partial charge in [-0.25, -0.2) is 9.59 Å². The van der Waals surface area contributed by atoms with Gasteiger partial charge in [-0.15, -0.1) is 11.6 Å². The van der Waals surface area contributed by atoms with Crippen LogP contribution in [0.5, 0.6) is 11.5 Å². The smallest absolute Gasteiger partial charge is 1.00 e. The minimum absolute atomic E-state index is 0. The third-order valence-corrected chi connectivity index (χ3v) is 9.84. The summed E-state index contributed by atoms with van der Waals surface area (Å²) in [5.74, 6) is 14.4. The third kappa shape index (κ3) is 14.3. The van der Waals surface area contributed by atoms with Gasteiger partial charge in [-0.3, -0.25) is 9.69 Å². The van der Waals surface area contributed by atoms with E-state index in [0.29, 0.717) is 66.8 Å². The van der Waals surface area contributed by atoms with Crippen molar-refractivity contribution in [2.45, 2.75) is 34.4 Å². The number of nitrogens with one attached hydrogen (secondary N) is 3. The average Bonchev–Trinajstić information content (AvgIpc) is 3.99. The van der Waals surface area contributed by atoms with Crippen LogP contribution in [-0.2, 0) is 22.8 Å². The van der Waals surface area contributed by atoms with Gasteiger partial charge < -0.3 is 46.1 Å². The van der Waals surface area contributed by atoms with Crippen LogP contribution in [0, 0.1) is 46.3 Å². The monoisotopic (exact) mass is 960 g/mol. The van der Waals surface area contributed by atoms with Gasteiger partial charge in [-0.05, 0) is 98.5 Å². The number of nitrogens with zero attached hydrogens (tertiary/aromatic N) is 5. The number of alkyl halides is 1. The number of nitriles is 2. The minimum Gasteiger partial charge on any atom is -1.00 e. The summed E-state index contributed by atoms with van der Waals surface area (Å²) < 4.78 is 14.7. The van der Waals surface area contributed by atoms with Crippen LogP contribution < -0.4 is 138 Å². The summed E-state index contributed by atoms with van der Waals surface area (Å²) in [4.78, 5) is 36.4. The average molecular weight is 962 g/mol. The summed E-state index contributed by atoms with van der Waals surface area (Å²) in [7, 11) is 3.24. The Morgan fingerprint density at radius 1 is 0.818 bits per heavy atom. The molecule has 15 nitrogen and oxygen atoms in total. The Kier molecular flexibility index (Phi) is 25.2. The molecule has 0 unspecified atom stereocenters. The zero-order valence-electron chi connectivity index (χ0n) is 37.9. The maximum Gasteiger partial charge on any atom is 1.00 e. The number of ether oxygens (including phenoxy) is 2. The van der Waals surface area contributed by atoms with Crippen LogP contribution in [-0.4, -0.2) is 67.4 Å². The first-order valence-electron chi connectivity index (χ1n) is 19.5. The summed E-state index contributed by atoms with van der Waals surface area (Å²) in [6, 6.07) is 30.3. The molecule has 0 saturated carbocycles. The van der Waals surface area contributed by atoms with Gasteiger partial charge in [0.1, 0.15) is 35.0 Å². The first-order chi connectivity index (χ1) is 30.7. The third-order valence-electron chi connectivity index (χ3n) is 9.65. The van der Waals surface area contributed by atoms with Crippen molar-refractivity contribution in [2.75, 3.05) is 50.0 Å². The molecule has 0 aliphatic carbocycles. The molecule has 0 radical (unpaired) electrons. The first-order valence-corrected chi connectivity index (χ1v) is 20.1. The fraction of sp³-hybridized carbons (Fsp3) is 0.229. The van der Waals surface area contributed by atoms with Crippen molar-refractivity contribution in [3.05, 3.63) is 119 Å². The number of carbonyl (C=O) groups excluding carboxylic acids is 3. The van der Waals surface area contributed by atoms with E-state index >= 15 is 0 Å². The van der Waals surface area contributed by atoms with Crippen LogP contribution in [0.3, 0.4) is 0 Å². The Balaban J connectivity index is 0.000000588. The van der Waals surface area contributed by atoms with Gasteiger partial charge in [0.2, 0.25) is 0 Å². The van der Waals surface area contributed by atoms with Gasteiger partial charge in [0.15, 0.2) is 0 Å². The summed E-state index contributed by atoms with van der Waals surface area (Å²) >= 11 is 5.55. The quantitative estimate of drug-likeness (QED) is 0.0472. The minimum atomic E-state index is -0.309. The van der Waals surface area contributed by atoms with E-state index in [4.69, 9.17) is 31.1 Å². The maximum absolute atomic E-state index is 11.8. The van der Waals surface area contributed by atoms with Gasteiger partial charge in [0.25, 0.3) is 6.47 Å². The van der Waals surface area contributed by atoms with Crippen molar-refractivity contribution in [2.24, 2.45) is 0 Å². The van der Waals surface area contributed by atoms with E-state index in [-0.39, 0.29) is 130 Å².